The fourth-order valence-corrected chi connectivity index (χ4v) is 9.90. The number of rotatable bonds is 7. The first-order valence-electron chi connectivity index (χ1n) is 21.7. The molecule has 0 saturated heterocycles. The number of hydrogen-bond acceptors (Lipinski definition) is 2. The molecule has 12 aromatic rings. The van der Waals surface area contributed by atoms with Crippen LogP contribution in [0.2, 0.25) is 0 Å². The van der Waals surface area contributed by atoms with E-state index in [1.54, 1.807) is 0 Å². The molecular formula is C60H42N2O. The minimum atomic E-state index is 0.860. The maximum atomic E-state index is 6.99. The maximum absolute atomic E-state index is 6.99. The zero-order valence-electron chi connectivity index (χ0n) is 35.1. The molecule has 12 rings (SSSR count). The summed E-state index contributed by atoms with van der Waals surface area (Å²) in [6.45, 7) is 4.49. The van der Waals surface area contributed by atoms with Crippen LogP contribution in [0.15, 0.2) is 223 Å². The number of hydrogen-bond donors (Lipinski definition) is 0. The first-order chi connectivity index (χ1) is 31.1. The summed E-state index contributed by atoms with van der Waals surface area (Å²) in [6, 6.07) is 78.9. The summed E-state index contributed by atoms with van der Waals surface area (Å²) >= 11 is 0. The summed E-state index contributed by atoms with van der Waals surface area (Å²) in [5.41, 5.74) is 17.8. The van der Waals surface area contributed by atoms with Crippen molar-refractivity contribution in [2.24, 2.45) is 0 Å². The number of benzene rings is 10. The topological polar surface area (TPSA) is 21.3 Å². The second-order valence-corrected chi connectivity index (χ2v) is 16.6. The number of para-hydroxylation sites is 3. The van der Waals surface area contributed by atoms with Crippen LogP contribution in [0, 0.1) is 13.8 Å². The van der Waals surface area contributed by atoms with Gasteiger partial charge in [-0.3, -0.25) is 0 Å². The highest BCUT2D eigenvalue weighted by Gasteiger charge is 2.25. The third-order valence-corrected chi connectivity index (χ3v) is 12.8. The highest BCUT2D eigenvalue weighted by Crippen LogP contribution is 2.48. The Hall–Kier alpha value is -8.14. The normalized spacial score (nSPS) is 11.7. The highest BCUT2D eigenvalue weighted by molar-refractivity contribution is 6.17. The van der Waals surface area contributed by atoms with Gasteiger partial charge in [0.15, 0.2) is 0 Å². The number of anilines is 3. The van der Waals surface area contributed by atoms with E-state index in [2.05, 4.69) is 242 Å². The number of fused-ring (bicyclic) bond motifs is 7. The molecule has 0 atom stereocenters. The Morgan fingerprint density at radius 2 is 1.02 bits per heavy atom. The summed E-state index contributed by atoms with van der Waals surface area (Å²) < 4.78 is 9.37. The standard InChI is InChI=1S/C60H42N2O/c1-39-35-47(45-28-27-42-17-6-7-18-44(42)37-45)36-40(2)59(39)62(48-31-29-43(30-32-48)41-15-4-3-5-16-41)56-34-33-50(60-58(56)53-23-10-13-26-57(53)63-60)46-19-14-20-49(38-46)61-54-24-11-8-21-51(54)52-22-9-12-25-55(52)61/h3-38H,1-2H3. The van der Waals surface area contributed by atoms with Crippen LogP contribution >= 0.6 is 0 Å². The summed E-state index contributed by atoms with van der Waals surface area (Å²) in [7, 11) is 0. The predicted molar refractivity (Wildman–Crippen MR) is 266 cm³/mol. The van der Waals surface area contributed by atoms with Crippen LogP contribution < -0.4 is 4.90 Å². The molecule has 63 heavy (non-hydrogen) atoms. The highest BCUT2D eigenvalue weighted by atomic mass is 16.3. The van der Waals surface area contributed by atoms with Crippen molar-refractivity contribution in [2.45, 2.75) is 13.8 Å². The molecule has 2 aromatic heterocycles. The molecule has 298 valence electrons. The van der Waals surface area contributed by atoms with Crippen LogP contribution in [0.5, 0.6) is 0 Å². The summed E-state index contributed by atoms with van der Waals surface area (Å²) in [5.74, 6) is 0. The van der Waals surface area contributed by atoms with E-state index in [4.69, 9.17) is 4.42 Å². The van der Waals surface area contributed by atoms with E-state index in [0.717, 1.165) is 55.8 Å². The molecule has 0 unspecified atom stereocenters. The zero-order chi connectivity index (χ0) is 42.0. The monoisotopic (exact) mass is 806 g/mol. The van der Waals surface area contributed by atoms with Gasteiger partial charge in [0.05, 0.1) is 27.8 Å². The molecule has 0 radical (unpaired) electrons. The maximum Gasteiger partial charge on any atom is 0.145 e. The van der Waals surface area contributed by atoms with Crippen molar-refractivity contribution in [2.75, 3.05) is 4.90 Å². The lowest BCUT2D eigenvalue weighted by Gasteiger charge is -2.30. The average molecular weight is 807 g/mol. The molecule has 0 aliphatic heterocycles. The average Bonchev–Trinajstić information content (AvgIpc) is 3.89. The third kappa shape index (κ3) is 6.12. The van der Waals surface area contributed by atoms with E-state index in [0.29, 0.717) is 0 Å². The van der Waals surface area contributed by atoms with E-state index < -0.39 is 0 Å². The molecule has 0 saturated carbocycles. The van der Waals surface area contributed by atoms with Gasteiger partial charge in [-0.05, 0) is 136 Å². The smallest absolute Gasteiger partial charge is 0.145 e. The molecule has 0 fully saturated rings. The summed E-state index contributed by atoms with van der Waals surface area (Å²) in [4.78, 5) is 2.45. The second kappa shape index (κ2) is 14.8. The fraction of sp³-hybridized carbons (Fsp3) is 0.0333. The Morgan fingerprint density at radius 1 is 0.413 bits per heavy atom. The van der Waals surface area contributed by atoms with E-state index in [1.807, 2.05) is 0 Å². The van der Waals surface area contributed by atoms with Crippen LogP contribution in [0.25, 0.3) is 93.6 Å². The Morgan fingerprint density at radius 3 is 1.76 bits per heavy atom. The van der Waals surface area contributed by atoms with Crippen molar-refractivity contribution in [3.05, 3.63) is 230 Å². The number of aromatic nitrogens is 1. The van der Waals surface area contributed by atoms with Crippen LogP contribution in [0.1, 0.15) is 11.1 Å². The largest absolute Gasteiger partial charge is 0.455 e. The van der Waals surface area contributed by atoms with E-state index in [9.17, 15) is 0 Å². The van der Waals surface area contributed by atoms with Gasteiger partial charge in [-0.1, -0.05) is 146 Å². The summed E-state index contributed by atoms with van der Waals surface area (Å²) in [5, 5.41) is 7.14. The molecule has 3 nitrogen and oxygen atoms in total. The first kappa shape index (κ1) is 36.7. The van der Waals surface area contributed by atoms with Crippen molar-refractivity contribution >= 4 is 71.6 Å². The Labute approximate surface area is 366 Å². The van der Waals surface area contributed by atoms with Crippen LogP contribution in [0.4, 0.5) is 17.1 Å². The summed E-state index contributed by atoms with van der Waals surface area (Å²) in [6.07, 6.45) is 0. The third-order valence-electron chi connectivity index (χ3n) is 12.8. The van der Waals surface area contributed by atoms with E-state index in [1.165, 1.54) is 66.0 Å². The van der Waals surface area contributed by atoms with Gasteiger partial charge >= 0.3 is 0 Å². The Balaban J connectivity index is 1.06. The van der Waals surface area contributed by atoms with Gasteiger partial charge in [-0.15, -0.1) is 0 Å². The first-order valence-corrected chi connectivity index (χ1v) is 21.7. The van der Waals surface area contributed by atoms with Crippen molar-refractivity contribution in [1.82, 2.24) is 4.57 Å². The minimum Gasteiger partial charge on any atom is -0.455 e. The fourth-order valence-electron chi connectivity index (χ4n) is 9.90. The quantitative estimate of drug-likeness (QED) is 0.160. The molecule has 0 spiro atoms. The Kier molecular flexibility index (Phi) is 8.62. The second-order valence-electron chi connectivity index (χ2n) is 16.6. The molecule has 0 amide bonds. The molecular weight excluding hydrogens is 765 g/mol. The van der Waals surface area contributed by atoms with Gasteiger partial charge in [0.25, 0.3) is 0 Å². The van der Waals surface area contributed by atoms with Crippen molar-refractivity contribution < 1.29 is 4.42 Å². The lowest BCUT2D eigenvalue weighted by Crippen LogP contribution is -2.13. The van der Waals surface area contributed by atoms with E-state index in [-0.39, 0.29) is 0 Å². The lowest BCUT2D eigenvalue weighted by molar-refractivity contribution is 0.670. The predicted octanol–water partition coefficient (Wildman–Crippen LogP) is 16.9. The lowest BCUT2D eigenvalue weighted by atomic mass is 9.95. The molecule has 0 bridgehead atoms. The molecule has 3 heteroatoms. The molecule has 0 aliphatic carbocycles. The van der Waals surface area contributed by atoms with Crippen LogP contribution in [0.3, 0.4) is 0 Å². The van der Waals surface area contributed by atoms with Crippen LogP contribution in [-0.4, -0.2) is 4.57 Å². The zero-order valence-corrected chi connectivity index (χ0v) is 35.1. The van der Waals surface area contributed by atoms with Gasteiger partial charge in [0.1, 0.15) is 11.2 Å². The van der Waals surface area contributed by atoms with Crippen molar-refractivity contribution in [3.63, 3.8) is 0 Å². The molecule has 0 aliphatic rings. The van der Waals surface area contributed by atoms with Crippen molar-refractivity contribution in [3.8, 4) is 39.1 Å². The number of furan rings is 1. The minimum absolute atomic E-state index is 0.860. The Bertz CT molecular complexity index is 3630. The van der Waals surface area contributed by atoms with Gasteiger partial charge < -0.3 is 13.9 Å². The molecule has 10 aromatic carbocycles. The van der Waals surface area contributed by atoms with Crippen LogP contribution in [-0.2, 0) is 0 Å². The van der Waals surface area contributed by atoms with Gasteiger partial charge in [-0.2, -0.15) is 0 Å². The molecule has 2 heterocycles. The van der Waals surface area contributed by atoms with E-state index >= 15 is 0 Å². The number of nitrogens with zero attached hydrogens (tertiary/aromatic N) is 2. The number of aryl methyl sites for hydroxylation is 2. The van der Waals surface area contributed by atoms with Crippen molar-refractivity contribution in [1.29, 1.82) is 0 Å². The van der Waals surface area contributed by atoms with Gasteiger partial charge in [0, 0.05) is 33.1 Å². The van der Waals surface area contributed by atoms with Gasteiger partial charge in [0.2, 0.25) is 0 Å². The SMILES string of the molecule is Cc1cc(-c2ccc3ccccc3c2)cc(C)c1N(c1ccc(-c2ccccc2)cc1)c1ccc(-c2cccc(-n3c4ccccc4c4ccccc43)c2)c2oc3ccccc3c12. The van der Waals surface area contributed by atoms with Gasteiger partial charge in [-0.25, -0.2) is 0 Å². The molecule has 0 N–H and O–H groups in total.